The molecule has 0 aromatic carbocycles. The van der Waals surface area contributed by atoms with E-state index in [2.05, 4.69) is 26.9 Å². The molecule has 112 valence electrons. The van der Waals surface area contributed by atoms with Crippen LogP contribution in [0.15, 0.2) is 4.52 Å². The Balaban J connectivity index is 1.51. The van der Waals surface area contributed by atoms with E-state index < -0.39 is 0 Å². The quantitative estimate of drug-likeness (QED) is 0.839. The van der Waals surface area contributed by atoms with Gasteiger partial charge in [0.25, 0.3) is 0 Å². The molecular weight excluding hydrogens is 256 g/mol. The largest absolute Gasteiger partial charge is 0.396 e. The fourth-order valence-corrected chi connectivity index (χ4v) is 2.75. The minimum atomic E-state index is 0.204. The smallest absolute Gasteiger partial charge is 0.243 e. The predicted octanol–water partition coefficient (Wildman–Crippen LogP) is 1.01. The molecule has 0 bridgehead atoms. The lowest BCUT2D eigenvalue weighted by atomic mass is 10.2. The molecule has 0 amide bonds. The Labute approximate surface area is 119 Å². The maximum Gasteiger partial charge on any atom is 0.243 e. The second kappa shape index (κ2) is 6.20. The van der Waals surface area contributed by atoms with Crippen LogP contribution >= 0.6 is 0 Å². The third-order valence-electron chi connectivity index (χ3n) is 4.34. The minimum Gasteiger partial charge on any atom is -0.396 e. The number of hydrogen-bond acceptors (Lipinski definition) is 6. The highest BCUT2D eigenvalue weighted by atomic mass is 16.5. The molecule has 2 fully saturated rings. The van der Waals surface area contributed by atoms with Gasteiger partial charge in [0.2, 0.25) is 5.89 Å². The molecular formula is C14H24N4O2. The summed E-state index contributed by atoms with van der Waals surface area (Å²) < 4.78 is 5.42. The van der Waals surface area contributed by atoms with Gasteiger partial charge in [-0.1, -0.05) is 5.16 Å². The van der Waals surface area contributed by atoms with E-state index in [0.717, 1.165) is 50.9 Å². The van der Waals surface area contributed by atoms with Crippen LogP contribution in [0.2, 0.25) is 0 Å². The summed E-state index contributed by atoms with van der Waals surface area (Å²) in [5, 5.41) is 13.0. The van der Waals surface area contributed by atoms with Crippen molar-refractivity contribution in [2.75, 3.05) is 39.3 Å². The normalized spacial score (nSPS) is 23.1. The summed E-state index contributed by atoms with van der Waals surface area (Å²) in [6.45, 7) is 7.56. The third-order valence-corrected chi connectivity index (χ3v) is 4.34. The lowest BCUT2D eigenvalue weighted by Crippen LogP contribution is -2.47. The summed E-state index contributed by atoms with van der Waals surface area (Å²) in [7, 11) is 0. The molecule has 1 saturated carbocycles. The van der Waals surface area contributed by atoms with Crippen LogP contribution in [0.4, 0.5) is 0 Å². The van der Waals surface area contributed by atoms with Gasteiger partial charge in [-0.15, -0.1) is 0 Å². The molecule has 1 aromatic heterocycles. The van der Waals surface area contributed by atoms with Gasteiger partial charge in [-0.3, -0.25) is 4.90 Å². The van der Waals surface area contributed by atoms with Crippen LogP contribution in [0.3, 0.4) is 0 Å². The van der Waals surface area contributed by atoms with Crippen LogP contribution in [0.1, 0.15) is 49.9 Å². The lowest BCUT2D eigenvalue weighted by molar-refractivity contribution is 0.0844. The fraction of sp³-hybridized carbons (Fsp3) is 0.857. The third kappa shape index (κ3) is 3.19. The van der Waals surface area contributed by atoms with Gasteiger partial charge in [0.05, 0.1) is 6.04 Å². The number of aliphatic hydroxyl groups is 1. The van der Waals surface area contributed by atoms with Crippen molar-refractivity contribution in [2.45, 2.75) is 38.1 Å². The molecule has 1 aliphatic heterocycles. The number of hydrogen-bond donors (Lipinski definition) is 1. The second-order valence-corrected chi connectivity index (χ2v) is 5.90. The first-order chi connectivity index (χ1) is 9.78. The minimum absolute atomic E-state index is 0.204. The van der Waals surface area contributed by atoms with Crippen molar-refractivity contribution in [1.29, 1.82) is 0 Å². The standard InChI is InChI=1S/C14H24N4O2/c1-11(14-15-13(16-20-14)12-3-4-12)18-8-6-17(7-9-18)5-2-10-19/h11-12,19H,2-10H2,1H3. The average molecular weight is 280 g/mol. The van der Waals surface area contributed by atoms with E-state index in [1.807, 2.05) is 0 Å². The highest BCUT2D eigenvalue weighted by molar-refractivity contribution is 5.04. The molecule has 6 heteroatoms. The van der Waals surface area contributed by atoms with Gasteiger partial charge in [-0.25, -0.2) is 0 Å². The first-order valence-corrected chi connectivity index (χ1v) is 7.68. The Morgan fingerprint density at radius 3 is 2.70 bits per heavy atom. The molecule has 2 aliphatic rings. The lowest BCUT2D eigenvalue weighted by Gasteiger charge is -2.36. The molecule has 1 aliphatic carbocycles. The second-order valence-electron chi connectivity index (χ2n) is 5.90. The van der Waals surface area contributed by atoms with Crippen LogP contribution in [-0.4, -0.2) is 64.4 Å². The van der Waals surface area contributed by atoms with E-state index in [1.54, 1.807) is 0 Å². The van der Waals surface area contributed by atoms with Gasteiger partial charge in [-0.2, -0.15) is 4.98 Å². The van der Waals surface area contributed by atoms with Crippen LogP contribution in [-0.2, 0) is 0 Å². The van der Waals surface area contributed by atoms with Crippen molar-refractivity contribution >= 4 is 0 Å². The number of piperazine rings is 1. The number of aromatic nitrogens is 2. The molecule has 1 saturated heterocycles. The molecule has 2 heterocycles. The summed E-state index contributed by atoms with van der Waals surface area (Å²) in [6, 6.07) is 0.204. The van der Waals surface area contributed by atoms with Crippen molar-refractivity contribution in [3.05, 3.63) is 11.7 Å². The molecule has 1 aromatic rings. The van der Waals surface area contributed by atoms with Crippen molar-refractivity contribution in [1.82, 2.24) is 19.9 Å². The van der Waals surface area contributed by atoms with Gasteiger partial charge in [0.15, 0.2) is 5.82 Å². The number of nitrogens with zero attached hydrogens (tertiary/aromatic N) is 4. The highest BCUT2D eigenvalue weighted by Crippen LogP contribution is 2.38. The van der Waals surface area contributed by atoms with Crippen molar-refractivity contribution in [3.63, 3.8) is 0 Å². The number of aliphatic hydroxyl groups excluding tert-OH is 1. The van der Waals surface area contributed by atoms with Gasteiger partial charge in [0.1, 0.15) is 0 Å². The maximum absolute atomic E-state index is 8.87. The van der Waals surface area contributed by atoms with Gasteiger partial charge in [0, 0.05) is 45.2 Å². The molecule has 1 unspecified atom stereocenters. The van der Waals surface area contributed by atoms with Crippen molar-refractivity contribution < 1.29 is 9.63 Å². The maximum atomic E-state index is 8.87. The Kier molecular flexibility index (Phi) is 4.33. The monoisotopic (exact) mass is 280 g/mol. The van der Waals surface area contributed by atoms with E-state index in [9.17, 15) is 0 Å². The van der Waals surface area contributed by atoms with Gasteiger partial charge < -0.3 is 14.5 Å². The van der Waals surface area contributed by atoms with E-state index in [-0.39, 0.29) is 12.6 Å². The van der Waals surface area contributed by atoms with Crippen LogP contribution < -0.4 is 0 Å². The van der Waals surface area contributed by atoms with Crippen LogP contribution in [0.5, 0.6) is 0 Å². The summed E-state index contributed by atoms with van der Waals surface area (Å²) >= 11 is 0. The number of rotatable bonds is 6. The van der Waals surface area contributed by atoms with E-state index in [1.165, 1.54) is 12.8 Å². The van der Waals surface area contributed by atoms with Crippen LogP contribution in [0, 0.1) is 0 Å². The molecule has 20 heavy (non-hydrogen) atoms. The molecule has 3 rings (SSSR count). The SMILES string of the molecule is CC(c1nc(C2CC2)no1)N1CCN(CCCO)CC1. The van der Waals surface area contributed by atoms with E-state index >= 15 is 0 Å². The summed E-state index contributed by atoms with van der Waals surface area (Å²) in [6.07, 6.45) is 3.28. The van der Waals surface area contributed by atoms with E-state index in [4.69, 9.17) is 9.63 Å². The predicted molar refractivity (Wildman–Crippen MR) is 74.4 cm³/mol. The molecule has 1 atom stereocenters. The van der Waals surface area contributed by atoms with Gasteiger partial charge >= 0.3 is 0 Å². The Bertz CT molecular complexity index is 425. The Hall–Kier alpha value is -0.980. The zero-order chi connectivity index (χ0) is 13.9. The van der Waals surface area contributed by atoms with E-state index in [0.29, 0.717) is 5.92 Å². The summed E-state index contributed by atoms with van der Waals surface area (Å²) in [4.78, 5) is 9.36. The Morgan fingerprint density at radius 1 is 1.30 bits per heavy atom. The summed E-state index contributed by atoms with van der Waals surface area (Å²) in [5.74, 6) is 2.21. The molecule has 0 spiro atoms. The van der Waals surface area contributed by atoms with Crippen LogP contribution in [0.25, 0.3) is 0 Å². The molecule has 0 radical (unpaired) electrons. The fourth-order valence-electron chi connectivity index (χ4n) is 2.75. The zero-order valence-corrected chi connectivity index (χ0v) is 12.2. The Morgan fingerprint density at radius 2 is 2.05 bits per heavy atom. The molecule has 6 nitrogen and oxygen atoms in total. The highest BCUT2D eigenvalue weighted by Gasteiger charge is 2.31. The zero-order valence-electron chi connectivity index (χ0n) is 12.2. The van der Waals surface area contributed by atoms with Crippen molar-refractivity contribution in [3.8, 4) is 0 Å². The average Bonchev–Trinajstić information content (AvgIpc) is 3.22. The first kappa shape index (κ1) is 14.0. The summed E-state index contributed by atoms with van der Waals surface area (Å²) in [5.41, 5.74) is 0. The molecule has 1 N–H and O–H groups in total. The first-order valence-electron chi connectivity index (χ1n) is 7.68. The van der Waals surface area contributed by atoms with Gasteiger partial charge in [-0.05, 0) is 26.2 Å². The topological polar surface area (TPSA) is 65.6 Å². The van der Waals surface area contributed by atoms with Crippen molar-refractivity contribution in [2.24, 2.45) is 0 Å².